The lowest BCUT2D eigenvalue weighted by Crippen LogP contribution is -2.20. The van der Waals surface area contributed by atoms with Gasteiger partial charge >= 0.3 is 5.97 Å². The molecule has 3 heteroatoms. The molecule has 0 saturated carbocycles. The van der Waals surface area contributed by atoms with Crippen LogP contribution in [0, 0.1) is 0 Å². The van der Waals surface area contributed by atoms with Gasteiger partial charge in [0.25, 0.3) is 0 Å². The minimum atomic E-state index is -0.602. The van der Waals surface area contributed by atoms with Crippen LogP contribution in [0.2, 0.25) is 0 Å². The van der Waals surface area contributed by atoms with Gasteiger partial charge in [0.05, 0.1) is 13.0 Å². The molecule has 0 atom stereocenters. The SMILES string of the molecule is CCOC(=O)Cc1ccc(P(c2ccccc2)c2ccccc2)cc1. The molecule has 0 aromatic heterocycles. The molecule has 0 aliphatic carbocycles. The van der Waals surface area contributed by atoms with Crippen LogP contribution in [0.4, 0.5) is 0 Å². The highest BCUT2D eigenvalue weighted by Crippen LogP contribution is 2.32. The van der Waals surface area contributed by atoms with Gasteiger partial charge in [0, 0.05) is 0 Å². The summed E-state index contributed by atoms with van der Waals surface area (Å²) < 4.78 is 5.03. The van der Waals surface area contributed by atoms with Crippen LogP contribution in [0.5, 0.6) is 0 Å². The molecule has 0 bridgehead atoms. The standard InChI is InChI=1S/C22H21O2P/c1-2-24-22(23)17-18-13-15-21(16-14-18)25(19-9-5-3-6-10-19)20-11-7-4-8-12-20/h3-16H,2,17H2,1H3. The Morgan fingerprint density at radius 3 is 1.72 bits per heavy atom. The predicted octanol–water partition coefficient (Wildman–Crippen LogP) is 3.55. The second-order valence-electron chi connectivity index (χ2n) is 5.65. The minimum absolute atomic E-state index is 0.177. The number of hydrogen-bond acceptors (Lipinski definition) is 2. The Balaban J connectivity index is 1.90. The molecular weight excluding hydrogens is 327 g/mol. The van der Waals surface area contributed by atoms with E-state index in [1.807, 2.05) is 31.2 Å². The van der Waals surface area contributed by atoms with Crippen LogP contribution < -0.4 is 15.9 Å². The van der Waals surface area contributed by atoms with Crippen molar-refractivity contribution in [2.45, 2.75) is 13.3 Å². The first kappa shape index (κ1) is 17.4. The van der Waals surface area contributed by atoms with Gasteiger partial charge in [0.2, 0.25) is 0 Å². The molecule has 0 heterocycles. The number of carbonyl (C=O) groups excluding carboxylic acids is 1. The number of carbonyl (C=O) groups is 1. The molecular formula is C22H21O2P. The van der Waals surface area contributed by atoms with Crippen LogP contribution in [0.3, 0.4) is 0 Å². The maximum Gasteiger partial charge on any atom is 0.310 e. The Kier molecular flexibility index (Phi) is 5.98. The molecule has 25 heavy (non-hydrogen) atoms. The van der Waals surface area contributed by atoms with Gasteiger partial charge in [-0.25, -0.2) is 0 Å². The van der Waals surface area contributed by atoms with Crippen molar-refractivity contribution < 1.29 is 9.53 Å². The highest BCUT2D eigenvalue weighted by atomic mass is 31.1. The molecule has 3 aromatic carbocycles. The summed E-state index contributed by atoms with van der Waals surface area (Å²) >= 11 is 0. The quantitative estimate of drug-likeness (QED) is 0.503. The lowest BCUT2D eigenvalue weighted by Gasteiger charge is -2.19. The summed E-state index contributed by atoms with van der Waals surface area (Å²) in [6.45, 7) is 2.25. The molecule has 0 spiro atoms. The second kappa shape index (κ2) is 8.60. The fourth-order valence-corrected chi connectivity index (χ4v) is 5.03. The minimum Gasteiger partial charge on any atom is -0.466 e. The molecule has 3 rings (SSSR count). The Hall–Kier alpha value is -2.44. The van der Waals surface area contributed by atoms with Crippen LogP contribution in [0.15, 0.2) is 84.9 Å². The third-order valence-electron chi connectivity index (χ3n) is 3.88. The molecule has 0 aliphatic heterocycles. The highest BCUT2D eigenvalue weighted by Gasteiger charge is 2.16. The van der Waals surface area contributed by atoms with E-state index in [0.29, 0.717) is 13.0 Å². The summed E-state index contributed by atoms with van der Waals surface area (Å²) in [6, 6.07) is 29.5. The van der Waals surface area contributed by atoms with E-state index in [-0.39, 0.29) is 5.97 Å². The van der Waals surface area contributed by atoms with Crippen LogP contribution >= 0.6 is 7.92 Å². The van der Waals surface area contributed by atoms with Crippen molar-refractivity contribution >= 4 is 29.8 Å². The van der Waals surface area contributed by atoms with Crippen molar-refractivity contribution in [3.05, 3.63) is 90.5 Å². The number of ether oxygens (including phenoxy) is 1. The van der Waals surface area contributed by atoms with Crippen molar-refractivity contribution in [3.63, 3.8) is 0 Å². The molecule has 0 aliphatic rings. The van der Waals surface area contributed by atoms with E-state index in [2.05, 4.69) is 60.7 Å². The summed E-state index contributed by atoms with van der Waals surface area (Å²) in [5.74, 6) is -0.177. The van der Waals surface area contributed by atoms with E-state index in [1.54, 1.807) is 0 Å². The first-order valence-corrected chi connectivity index (χ1v) is 9.77. The normalized spacial score (nSPS) is 10.6. The van der Waals surface area contributed by atoms with Crippen molar-refractivity contribution in [1.82, 2.24) is 0 Å². The Labute approximate surface area is 150 Å². The Morgan fingerprint density at radius 1 is 0.760 bits per heavy atom. The molecule has 3 aromatic rings. The van der Waals surface area contributed by atoms with E-state index >= 15 is 0 Å². The van der Waals surface area contributed by atoms with Gasteiger partial charge in [-0.1, -0.05) is 84.9 Å². The summed E-state index contributed by atoms with van der Waals surface area (Å²) in [7, 11) is -0.602. The number of benzene rings is 3. The van der Waals surface area contributed by atoms with Crippen LogP contribution in [0.1, 0.15) is 12.5 Å². The fraction of sp³-hybridized carbons (Fsp3) is 0.136. The fourth-order valence-electron chi connectivity index (χ4n) is 2.74. The van der Waals surface area contributed by atoms with E-state index in [0.717, 1.165) is 5.56 Å². The number of hydrogen-bond donors (Lipinski definition) is 0. The molecule has 0 unspecified atom stereocenters. The second-order valence-corrected chi connectivity index (χ2v) is 7.87. The van der Waals surface area contributed by atoms with Crippen LogP contribution in [-0.2, 0) is 16.0 Å². The summed E-state index contributed by atoms with van der Waals surface area (Å²) in [4.78, 5) is 11.7. The predicted molar refractivity (Wildman–Crippen MR) is 105 cm³/mol. The Bertz CT molecular complexity index is 759. The van der Waals surface area contributed by atoms with Crippen molar-refractivity contribution in [2.24, 2.45) is 0 Å². The smallest absolute Gasteiger partial charge is 0.310 e. The largest absolute Gasteiger partial charge is 0.466 e. The summed E-state index contributed by atoms with van der Waals surface area (Å²) in [5, 5.41) is 3.92. The maximum atomic E-state index is 11.7. The molecule has 0 N–H and O–H groups in total. The van der Waals surface area contributed by atoms with Gasteiger partial charge in [0.1, 0.15) is 0 Å². The topological polar surface area (TPSA) is 26.3 Å². The van der Waals surface area contributed by atoms with E-state index < -0.39 is 7.92 Å². The lowest BCUT2D eigenvalue weighted by atomic mass is 10.1. The van der Waals surface area contributed by atoms with Gasteiger partial charge < -0.3 is 4.74 Å². The van der Waals surface area contributed by atoms with E-state index in [4.69, 9.17) is 4.74 Å². The third kappa shape index (κ3) is 4.55. The molecule has 0 fully saturated rings. The van der Waals surface area contributed by atoms with Crippen LogP contribution in [0.25, 0.3) is 0 Å². The number of rotatable bonds is 6. The molecule has 0 radical (unpaired) electrons. The van der Waals surface area contributed by atoms with Crippen LogP contribution in [-0.4, -0.2) is 12.6 Å². The van der Waals surface area contributed by atoms with Gasteiger partial charge in [-0.3, -0.25) is 4.79 Å². The monoisotopic (exact) mass is 348 g/mol. The van der Waals surface area contributed by atoms with Crippen molar-refractivity contribution in [3.8, 4) is 0 Å². The zero-order valence-electron chi connectivity index (χ0n) is 14.3. The highest BCUT2D eigenvalue weighted by molar-refractivity contribution is 7.79. The van der Waals surface area contributed by atoms with Gasteiger partial charge in [-0.15, -0.1) is 0 Å². The molecule has 0 saturated heterocycles. The van der Waals surface area contributed by atoms with Gasteiger partial charge in [-0.05, 0) is 36.3 Å². The average molecular weight is 348 g/mol. The molecule has 2 nitrogen and oxygen atoms in total. The number of esters is 1. The lowest BCUT2D eigenvalue weighted by molar-refractivity contribution is -0.142. The van der Waals surface area contributed by atoms with Gasteiger partial charge in [-0.2, -0.15) is 0 Å². The molecule has 126 valence electrons. The first-order chi connectivity index (χ1) is 12.3. The summed E-state index contributed by atoms with van der Waals surface area (Å²) in [6.07, 6.45) is 0.322. The third-order valence-corrected chi connectivity index (χ3v) is 6.32. The molecule has 0 amide bonds. The van der Waals surface area contributed by atoms with Crippen molar-refractivity contribution in [1.29, 1.82) is 0 Å². The van der Waals surface area contributed by atoms with Crippen molar-refractivity contribution in [2.75, 3.05) is 6.61 Å². The maximum absolute atomic E-state index is 11.7. The Morgan fingerprint density at radius 2 is 1.24 bits per heavy atom. The first-order valence-electron chi connectivity index (χ1n) is 8.42. The zero-order valence-corrected chi connectivity index (χ0v) is 15.2. The summed E-state index contributed by atoms with van der Waals surface area (Å²) in [5.41, 5.74) is 0.985. The van der Waals surface area contributed by atoms with E-state index in [9.17, 15) is 4.79 Å². The van der Waals surface area contributed by atoms with Gasteiger partial charge in [0.15, 0.2) is 0 Å². The van der Waals surface area contributed by atoms with E-state index in [1.165, 1.54) is 15.9 Å². The zero-order chi connectivity index (χ0) is 17.5. The average Bonchev–Trinajstić information content (AvgIpc) is 2.65.